The summed E-state index contributed by atoms with van der Waals surface area (Å²) >= 11 is 0. The minimum absolute atomic E-state index is 0.137. The van der Waals surface area contributed by atoms with Gasteiger partial charge in [0.2, 0.25) is 0 Å². The maximum atomic E-state index is 12.1. The fraction of sp³-hybridized carbons (Fsp3) is 0.227. The number of hydrogen-bond acceptors (Lipinski definition) is 4. The van der Waals surface area contributed by atoms with E-state index in [1.165, 1.54) is 0 Å². The SMILES string of the molecule is CC(=C(/NC(C)(C)C)c1ccccc1)/C(O)=C\C(=O)Oc1ccccc1. The molecule has 26 heavy (non-hydrogen) atoms. The van der Waals surface area contributed by atoms with Crippen LogP contribution in [0.5, 0.6) is 5.75 Å². The predicted molar refractivity (Wildman–Crippen MR) is 105 cm³/mol. The van der Waals surface area contributed by atoms with Crippen LogP contribution >= 0.6 is 0 Å². The van der Waals surface area contributed by atoms with E-state index in [4.69, 9.17) is 4.74 Å². The van der Waals surface area contributed by atoms with Gasteiger partial charge in [-0.1, -0.05) is 48.5 Å². The second-order valence-electron chi connectivity index (χ2n) is 7.00. The highest BCUT2D eigenvalue weighted by atomic mass is 16.5. The molecule has 0 amide bonds. The summed E-state index contributed by atoms with van der Waals surface area (Å²) < 4.78 is 5.20. The lowest BCUT2D eigenvalue weighted by Gasteiger charge is -2.26. The zero-order valence-electron chi connectivity index (χ0n) is 15.6. The Kier molecular flexibility index (Phi) is 6.23. The van der Waals surface area contributed by atoms with Crippen molar-refractivity contribution in [1.29, 1.82) is 0 Å². The fourth-order valence-electron chi connectivity index (χ4n) is 2.34. The van der Waals surface area contributed by atoms with E-state index in [1.54, 1.807) is 31.2 Å². The monoisotopic (exact) mass is 351 g/mol. The number of aliphatic hydroxyl groups is 1. The van der Waals surface area contributed by atoms with E-state index in [1.807, 2.05) is 57.2 Å². The lowest BCUT2D eigenvalue weighted by atomic mass is 10.0. The lowest BCUT2D eigenvalue weighted by molar-refractivity contribution is -0.129. The molecule has 4 heteroatoms. The summed E-state index contributed by atoms with van der Waals surface area (Å²) in [6.07, 6.45) is 1.09. The minimum Gasteiger partial charge on any atom is -0.507 e. The van der Waals surface area contributed by atoms with Gasteiger partial charge < -0.3 is 15.2 Å². The molecule has 0 fully saturated rings. The zero-order valence-corrected chi connectivity index (χ0v) is 15.6. The molecule has 0 spiro atoms. The van der Waals surface area contributed by atoms with Crippen LogP contribution in [0.3, 0.4) is 0 Å². The first kappa shape index (κ1) is 19.3. The average molecular weight is 351 g/mol. The lowest BCUT2D eigenvalue weighted by Crippen LogP contribution is -2.35. The van der Waals surface area contributed by atoms with Crippen molar-refractivity contribution in [3.8, 4) is 5.75 Å². The van der Waals surface area contributed by atoms with Crippen molar-refractivity contribution < 1.29 is 14.6 Å². The first-order chi connectivity index (χ1) is 12.3. The Morgan fingerprint density at radius 3 is 2.08 bits per heavy atom. The number of hydrogen-bond donors (Lipinski definition) is 2. The largest absolute Gasteiger partial charge is 0.507 e. The molecule has 0 aliphatic rings. The summed E-state index contributed by atoms with van der Waals surface area (Å²) in [4.78, 5) is 12.1. The molecule has 0 saturated carbocycles. The number of esters is 1. The number of benzene rings is 2. The van der Waals surface area contributed by atoms with Crippen LogP contribution in [-0.4, -0.2) is 16.6 Å². The third kappa shape index (κ3) is 5.81. The van der Waals surface area contributed by atoms with Gasteiger partial charge in [0.15, 0.2) is 0 Å². The highest BCUT2D eigenvalue weighted by Crippen LogP contribution is 2.23. The second-order valence-corrected chi connectivity index (χ2v) is 7.00. The maximum absolute atomic E-state index is 12.1. The minimum atomic E-state index is -0.628. The Morgan fingerprint density at radius 2 is 1.54 bits per heavy atom. The van der Waals surface area contributed by atoms with Crippen LogP contribution in [0.4, 0.5) is 0 Å². The van der Waals surface area contributed by atoms with Crippen molar-refractivity contribution in [2.24, 2.45) is 0 Å². The summed E-state index contributed by atoms with van der Waals surface area (Å²) in [5.41, 5.74) is 2.05. The van der Waals surface area contributed by atoms with Gasteiger partial charge in [-0.15, -0.1) is 0 Å². The van der Waals surface area contributed by atoms with E-state index in [2.05, 4.69) is 5.32 Å². The molecule has 0 unspecified atom stereocenters. The first-order valence-electron chi connectivity index (χ1n) is 8.48. The van der Waals surface area contributed by atoms with E-state index in [9.17, 15) is 9.90 Å². The van der Waals surface area contributed by atoms with E-state index in [-0.39, 0.29) is 11.3 Å². The van der Waals surface area contributed by atoms with Crippen LogP contribution in [0.1, 0.15) is 33.3 Å². The Balaban J connectivity index is 2.31. The highest BCUT2D eigenvalue weighted by molar-refractivity contribution is 5.86. The summed E-state index contributed by atoms with van der Waals surface area (Å²) in [5, 5.41) is 13.9. The van der Waals surface area contributed by atoms with E-state index < -0.39 is 5.97 Å². The van der Waals surface area contributed by atoms with Crippen LogP contribution in [0, 0.1) is 0 Å². The summed E-state index contributed by atoms with van der Waals surface area (Å²) in [6.45, 7) is 7.87. The van der Waals surface area contributed by atoms with Crippen molar-refractivity contribution >= 4 is 11.7 Å². The Bertz CT molecular complexity index is 800. The molecule has 0 aromatic heterocycles. The van der Waals surface area contributed by atoms with Crippen molar-refractivity contribution in [2.45, 2.75) is 33.2 Å². The summed E-state index contributed by atoms with van der Waals surface area (Å²) in [7, 11) is 0. The van der Waals surface area contributed by atoms with Crippen molar-refractivity contribution in [2.75, 3.05) is 0 Å². The topological polar surface area (TPSA) is 58.6 Å². The average Bonchev–Trinajstić information content (AvgIpc) is 2.60. The molecule has 0 heterocycles. The molecule has 2 aromatic carbocycles. The molecular weight excluding hydrogens is 326 g/mol. The number of para-hydroxylation sites is 1. The Hall–Kier alpha value is -3.01. The molecule has 2 N–H and O–H groups in total. The fourth-order valence-corrected chi connectivity index (χ4v) is 2.34. The maximum Gasteiger partial charge on any atom is 0.339 e. The Labute approximate surface area is 154 Å². The number of rotatable bonds is 5. The first-order valence-corrected chi connectivity index (χ1v) is 8.48. The van der Waals surface area contributed by atoms with Gasteiger partial charge in [-0.05, 0) is 45.4 Å². The van der Waals surface area contributed by atoms with Gasteiger partial charge in [0.25, 0.3) is 0 Å². The number of carbonyl (C=O) groups is 1. The van der Waals surface area contributed by atoms with Gasteiger partial charge >= 0.3 is 5.97 Å². The molecule has 2 aromatic rings. The van der Waals surface area contributed by atoms with E-state index in [0.29, 0.717) is 11.3 Å². The number of nitrogens with one attached hydrogen (secondary N) is 1. The molecule has 0 bridgehead atoms. The molecule has 0 aliphatic heterocycles. The smallest absolute Gasteiger partial charge is 0.339 e. The normalized spacial score (nSPS) is 13.0. The highest BCUT2D eigenvalue weighted by Gasteiger charge is 2.17. The summed E-state index contributed by atoms with van der Waals surface area (Å²) in [5.74, 6) is -0.336. The molecule has 2 rings (SSSR count). The molecular formula is C22H25NO3. The van der Waals surface area contributed by atoms with Gasteiger partial charge in [0, 0.05) is 16.8 Å². The van der Waals surface area contributed by atoms with Gasteiger partial charge in [-0.3, -0.25) is 0 Å². The molecule has 136 valence electrons. The van der Waals surface area contributed by atoms with Crippen LogP contribution in [-0.2, 0) is 4.79 Å². The molecule has 0 atom stereocenters. The third-order valence-corrected chi connectivity index (χ3v) is 3.54. The van der Waals surface area contributed by atoms with Crippen LogP contribution < -0.4 is 10.1 Å². The quantitative estimate of drug-likeness (QED) is 0.266. The third-order valence-electron chi connectivity index (χ3n) is 3.54. The molecule has 4 nitrogen and oxygen atoms in total. The predicted octanol–water partition coefficient (Wildman–Crippen LogP) is 4.85. The summed E-state index contributed by atoms with van der Waals surface area (Å²) in [6, 6.07) is 18.4. The number of carbonyl (C=O) groups excluding carboxylic acids is 1. The van der Waals surface area contributed by atoms with Gasteiger partial charge in [-0.25, -0.2) is 4.79 Å². The van der Waals surface area contributed by atoms with Gasteiger partial charge in [0.1, 0.15) is 11.5 Å². The molecule has 0 saturated heterocycles. The number of ether oxygens (including phenoxy) is 1. The van der Waals surface area contributed by atoms with E-state index >= 15 is 0 Å². The number of allylic oxidation sites excluding steroid dienone is 1. The van der Waals surface area contributed by atoms with Crippen molar-refractivity contribution in [1.82, 2.24) is 5.32 Å². The van der Waals surface area contributed by atoms with E-state index in [0.717, 1.165) is 17.3 Å². The Morgan fingerprint density at radius 1 is 1.00 bits per heavy atom. The van der Waals surface area contributed by atoms with Crippen LogP contribution in [0.2, 0.25) is 0 Å². The molecule has 0 aliphatic carbocycles. The van der Waals surface area contributed by atoms with Gasteiger partial charge in [0.05, 0.1) is 6.08 Å². The van der Waals surface area contributed by atoms with Crippen molar-refractivity contribution in [3.63, 3.8) is 0 Å². The number of aliphatic hydroxyl groups excluding tert-OH is 1. The van der Waals surface area contributed by atoms with Crippen LogP contribution in [0.25, 0.3) is 5.70 Å². The second kappa shape index (κ2) is 8.39. The standard InChI is InChI=1S/C22H25NO3/c1-16(19(24)15-20(25)26-18-13-9-6-10-14-18)21(23-22(2,3)4)17-11-7-5-8-12-17/h5-15,23-24H,1-4H3/b19-15+,21-16-. The van der Waals surface area contributed by atoms with Crippen LogP contribution in [0.15, 0.2) is 78.1 Å². The molecule has 0 radical (unpaired) electrons. The van der Waals surface area contributed by atoms with Crippen molar-refractivity contribution in [3.05, 3.63) is 83.6 Å². The van der Waals surface area contributed by atoms with Gasteiger partial charge in [-0.2, -0.15) is 0 Å². The zero-order chi connectivity index (χ0) is 19.2.